The molecule has 0 unspecified atom stereocenters. The van der Waals surface area contributed by atoms with Gasteiger partial charge in [0.05, 0.1) is 0 Å². The molecule has 0 radical (unpaired) electrons. The van der Waals surface area contributed by atoms with Crippen LogP contribution in [-0.2, 0) is 16.1 Å². The minimum absolute atomic E-state index is 0.175. The summed E-state index contributed by atoms with van der Waals surface area (Å²) in [6.45, 7) is 0.649. The zero-order valence-electron chi connectivity index (χ0n) is 13.2. The third-order valence-electron chi connectivity index (χ3n) is 4.80. The number of likely N-dealkylation sites (tertiary alicyclic amines) is 1. The summed E-state index contributed by atoms with van der Waals surface area (Å²) in [7, 11) is 0. The number of amides is 1. The number of nitrogens with zero attached hydrogens (tertiary/aromatic N) is 1. The Morgan fingerprint density at radius 3 is 2.52 bits per heavy atom. The second kappa shape index (κ2) is 7.02. The molecule has 0 spiro atoms. The highest BCUT2D eigenvalue weighted by atomic mass is 16.6. The topological polar surface area (TPSA) is 66.8 Å². The zero-order valence-corrected chi connectivity index (χ0v) is 13.2. The predicted octanol–water partition coefficient (Wildman–Crippen LogP) is 3.29. The van der Waals surface area contributed by atoms with Gasteiger partial charge in [-0.2, -0.15) is 0 Å². The summed E-state index contributed by atoms with van der Waals surface area (Å²) in [6, 6.07) is 8.67. The number of ether oxygens (including phenoxy) is 1. The van der Waals surface area contributed by atoms with Gasteiger partial charge in [0.2, 0.25) is 0 Å². The summed E-state index contributed by atoms with van der Waals surface area (Å²) >= 11 is 0. The third-order valence-corrected chi connectivity index (χ3v) is 4.80. The van der Waals surface area contributed by atoms with Crippen molar-refractivity contribution in [3.8, 4) is 0 Å². The van der Waals surface area contributed by atoms with E-state index in [0.717, 1.165) is 24.3 Å². The Hall–Kier alpha value is -2.04. The highest BCUT2D eigenvalue weighted by Crippen LogP contribution is 2.39. The number of aliphatic carboxylic acids is 1. The van der Waals surface area contributed by atoms with E-state index >= 15 is 0 Å². The number of rotatable bonds is 5. The van der Waals surface area contributed by atoms with Crippen molar-refractivity contribution in [2.45, 2.75) is 44.8 Å². The van der Waals surface area contributed by atoms with Gasteiger partial charge in [-0.15, -0.1) is 0 Å². The van der Waals surface area contributed by atoms with Crippen LogP contribution < -0.4 is 0 Å². The molecule has 1 aromatic carbocycles. The lowest BCUT2D eigenvalue weighted by Gasteiger charge is -2.36. The highest BCUT2D eigenvalue weighted by molar-refractivity contribution is 5.80. The first-order chi connectivity index (χ1) is 11.1. The first-order valence-corrected chi connectivity index (χ1v) is 8.33. The van der Waals surface area contributed by atoms with E-state index in [-0.39, 0.29) is 6.61 Å². The fourth-order valence-corrected chi connectivity index (χ4v) is 3.33. The molecule has 2 atom stereocenters. The molecule has 1 saturated carbocycles. The predicted molar refractivity (Wildman–Crippen MR) is 84.8 cm³/mol. The van der Waals surface area contributed by atoms with Crippen molar-refractivity contribution >= 4 is 12.1 Å². The summed E-state index contributed by atoms with van der Waals surface area (Å²) in [6.07, 6.45) is 4.56. The molecule has 0 aromatic heterocycles. The van der Waals surface area contributed by atoms with Crippen LogP contribution in [-0.4, -0.2) is 34.7 Å². The normalized spacial score (nSPS) is 24.3. The summed E-state index contributed by atoms with van der Waals surface area (Å²) in [5.74, 6) is 0.273. The molecule has 3 rings (SSSR count). The molecule has 1 aliphatic heterocycles. The number of piperidine rings is 1. The van der Waals surface area contributed by atoms with Gasteiger partial charge in [-0.3, -0.25) is 4.90 Å². The molecule has 5 nitrogen and oxygen atoms in total. The summed E-state index contributed by atoms with van der Waals surface area (Å²) in [5, 5.41) is 9.46. The van der Waals surface area contributed by atoms with Crippen molar-refractivity contribution in [3.63, 3.8) is 0 Å². The van der Waals surface area contributed by atoms with Crippen LogP contribution in [0.15, 0.2) is 30.3 Å². The lowest BCUT2D eigenvalue weighted by Crippen LogP contribution is -2.50. The van der Waals surface area contributed by atoms with E-state index in [9.17, 15) is 14.7 Å². The molecule has 2 aliphatic rings. The van der Waals surface area contributed by atoms with Crippen LogP contribution in [0.5, 0.6) is 0 Å². The average Bonchev–Trinajstić information content (AvgIpc) is 3.37. The smallest absolute Gasteiger partial charge is 0.410 e. The maximum Gasteiger partial charge on any atom is 0.410 e. The maximum atomic E-state index is 12.3. The van der Waals surface area contributed by atoms with E-state index in [1.54, 1.807) is 0 Å². The number of carbonyl (C=O) groups excluding carboxylic acids is 1. The van der Waals surface area contributed by atoms with Gasteiger partial charge in [-0.25, -0.2) is 9.59 Å². The number of carboxylic acid groups (broad SMARTS) is 1. The molecular formula is C18H23NO4. The van der Waals surface area contributed by atoms with Crippen molar-refractivity contribution in [1.82, 2.24) is 4.90 Å². The van der Waals surface area contributed by atoms with Crippen molar-refractivity contribution in [2.75, 3.05) is 6.54 Å². The van der Waals surface area contributed by atoms with Gasteiger partial charge in [-0.1, -0.05) is 43.2 Å². The SMILES string of the molecule is O=C(O)[C@@H]1C[C@H](CC2CC2)CCN1C(=O)OCc1ccccc1. The van der Waals surface area contributed by atoms with Crippen molar-refractivity contribution < 1.29 is 19.4 Å². The highest BCUT2D eigenvalue weighted by Gasteiger charge is 2.38. The van der Waals surface area contributed by atoms with Gasteiger partial charge in [-0.05, 0) is 36.7 Å². The van der Waals surface area contributed by atoms with E-state index in [1.165, 1.54) is 17.7 Å². The Labute approximate surface area is 136 Å². The Bertz CT molecular complexity index is 555. The number of carbonyl (C=O) groups is 2. The van der Waals surface area contributed by atoms with Crippen LogP contribution >= 0.6 is 0 Å². The first-order valence-electron chi connectivity index (χ1n) is 8.33. The molecule has 1 heterocycles. The number of carboxylic acids is 1. The van der Waals surface area contributed by atoms with Crippen molar-refractivity contribution in [3.05, 3.63) is 35.9 Å². The Morgan fingerprint density at radius 1 is 1.13 bits per heavy atom. The summed E-state index contributed by atoms with van der Waals surface area (Å²) in [4.78, 5) is 25.2. The van der Waals surface area contributed by atoms with E-state index in [0.29, 0.717) is 18.9 Å². The van der Waals surface area contributed by atoms with Crippen molar-refractivity contribution in [1.29, 1.82) is 0 Å². The molecule has 5 heteroatoms. The van der Waals surface area contributed by atoms with Crippen LogP contribution in [0.2, 0.25) is 0 Å². The maximum absolute atomic E-state index is 12.3. The molecule has 1 saturated heterocycles. The second-order valence-electron chi connectivity index (χ2n) is 6.66. The first kappa shape index (κ1) is 15.8. The van der Waals surface area contributed by atoms with Gasteiger partial charge in [0.1, 0.15) is 12.6 Å². The second-order valence-corrected chi connectivity index (χ2v) is 6.66. The lowest BCUT2D eigenvalue weighted by atomic mass is 9.87. The van der Waals surface area contributed by atoms with Crippen LogP contribution in [0.1, 0.15) is 37.7 Å². The van der Waals surface area contributed by atoms with E-state index in [2.05, 4.69) is 0 Å². The molecule has 124 valence electrons. The fraction of sp³-hybridized carbons (Fsp3) is 0.556. The Balaban J connectivity index is 1.56. The molecule has 1 aromatic rings. The molecule has 0 bridgehead atoms. The minimum Gasteiger partial charge on any atom is -0.480 e. The monoisotopic (exact) mass is 317 g/mol. The molecule has 23 heavy (non-hydrogen) atoms. The van der Waals surface area contributed by atoms with Crippen molar-refractivity contribution in [2.24, 2.45) is 11.8 Å². The molecule has 1 aliphatic carbocycles. The van der Waals surface area contributed by atoms with E-state index in [1.807, 2.05) is 30.3 Å². The van der Waals surface area contributed by atoms with Gasteiger partial charge < -0.3 is 9.84 Å². The lowest BCUT2D eigenvalue weighted by molar-refractivity contribution is -0.144. The fourth-order valence-electron chi connectivity index (χ4n) is 3.33. The number of benzene rings is 1. The quantitative estimate of drug-likeness (QED) is 0.905. The number of hydrogen-bond donors (Lipinski definition) is 1. The van der Waals surface area contributed by atoms with Crippen LogP contribution in [0.4, 0.5) is 4.79 Å². The largest absolute Gasteiger partial charge is 0.480 e. The van der Waals surface area contributed by atoms with Crippen LogP contribution in [0, 0.1) is 11.8 Å². The molecular weight excluding hydrogens is 294 g/mol. The minimum atomic E-state index is -0.929. The van der Waals surface area contributed by atoms with Crippen LogP contribution in [0.25, 0.3) is 0 Å². The molecule has 1 amide bonds. The van der Waals surface area contributed by atoms with Gasteiger partial charge in [0.15, 0.2) is 0 Å². The van der Waals surface area contributed by atoms with Gasteiger partial charge in [0, 0.05) is 6.54 Å². The Morgan fingerprint density at radius 2 is 1.87 bits per heavy atom. The molecule has 2 fully saturated rings. The molecule has 1 N–H and O–H groups in total. The Kier molecular flexibility index (Phi) is 4.84. The van der Waals surface area contributed by atoms with Gasteiger partial charge >= 0.3 is 12.1 Å². The van der Waals surface area contributed by atoms with E-state index < -0.39 is 18.1 Å². The third kappa shape index (κ3) is 4.24. The van der Waals surface area contributed by atoms with Crippen LogP contribution in [0.3, 0.4) is 0 Å². The summed E-state index contributed by atoms with van der Waals surface area (Å²) < 4.78 is 5.30. The number of hydrogen-bond acceptors (Lipinski definition) is 3. The zero-order chi connectivity index (χ0) is 16.2. The standard InChI is InChI=1S/C18H23NO4/c20-17(21)16-11-15(10-13-6-7-13)8-9-19(16)18(22)23-12-14-4-2-1-3-5-14/h1-5,13,15-16H,6-12H2,(H,20,21)/t15-,16-/m0/s1. The summed E-state index contributed by atoms with van der Waals surface area (Å²) in [5.41, 5.74) is 0.899. The average molecular weight is 317 g/mol. The van der Waals surface area contributed by atoms with Gasteiger partial charge in [0.25, 0.3) is 0 Å². The van der Waals surface area contributed by atoms with E-state index in [4.69, 9.17) is 4.74 Å².